The zero-order valence-corrected chi connectivity index (χ0v) is 14.9. The van der Waals surface area contributed by atoms with Gasteiger partial charge in [0.15, 0.2) is 0 Å². The van der Waals surface area contributed by atoms with Crippen LogP contribution in [0.5, 0.6) is 0 Å². The zero-order valence-electron chi connectivity index (χ0n) is 14.9. The predicted octanol–water partition coefficient (Wildman–Crippen LogP) is 3.21. The summed E-state index contributed by atoms with van der Waals surface area (Å²) in [5, 5.41) is 0. The molecule has 2 aliphatic rings. The van der Waals surface area contributed by atoms with Crippen molar-refractivity contribution in [1.82, 2.24) is 19.8 Å². The molecule has 132 valence electrons. The number of likely N-dealkylation sites (tertiary alicyclic amines) is 2. The van der Waals surface area contributed by atoms with Crippen molar-refractivity contribution in [3.63, 3.8) is 0 Å². The van der Waals surface area contributed by atoms with Crippen LogP contribution in [0.1, 0.15) is 30.4 Å². The monoisotopic (exact) mass is 336 g/mol. The van der Waals surface area contributed by atoms with E-state index in [0.29, 0.717) is 0 Å². The summed E-state index contributed by atoms with van der Waals surface area (Å²) in [5.74, 6) is 1.80. The van der Waals surface area contributed by atoms with Gasteiger partial charge in [0.05, 0.1) is 0 Å². The zero-order chi connectivity index (χ0) is 16.9. The topological polar surface area (TPSA) is 32.3 Å². The number of aromatic nitrogens is 2. The minimum absolute atomic E-state index is 0.891. The maximum Gasteiger partial charge on any atom is 0.0312 e. The Kier molecular flexibility index (Phi) is 5.38. The molecule has 2 aromatic heterocycles. The van der Waals surface area contributed by atoms with Crippen LogP contribution >= 0.6 is 0 Å². The standard InChI is InChI=1S/C21H28N4/c1-2-19(14-23-8-1)16-24-11-5-20(6-12-24)21-7-13-25(17-21)15-18-3-9-22-10-4-18/h1-4,8-10,14,20-21H,5-7,11-13,15-17H2. The second kappa shape index (κ2) is 8.07. The first-order valence-electron chi connectivity index (χ1n) is 9.59. The van der Waals surface area contributed by atoms with E-state index in [4.69, 9.17) is 0 Å². The van der Waals surface area contributed by atoms with Crippen molar-refractivity contribution in [3.8, 4) is 0 Å². The van der Waals surface area contributed by atoms with E-state index in [1.54, 1.807) is 0 Å². The SMILES string of the molecule is c1cncc(CN2CCC(C3CCN(Cc4ccncc4)C3)CC2)c1. The van der Waals surface area contributed by atoms with Crippen molar-refractivity contribution in [2.24, 2.45) is 11.8 Å². The fraction of sp³-hybridized carbons (Fsp3) is 0.524. The molecule has 0 N–H and O–H groups in total. The Hall–Kier alpha value is -1.78. The summed E-state index contributed by atoms with van der Waals surface area (Å²) < 4.78 is 0. The summed E-state index contributed by atoms with van der Waals surface area (Å²) >= 11 is 0. The summed E-state index contributed by atoms with van der Waals surface area (Å²) in [5.41, 5.74) is 2.73. The highest BCUT2D eigenvalue weighted by molar-refractivity contribution is 5.10. The molecule has 2 aromatic rings. The fourth-order valence-electron chi connectivity index (χ4n) is 4.47. The fourth-order valence-corrected chi connectivity index (χ4v) is 4.47. The van der Waals surface area contributed by atoms with Crippen LogP contribution in [0.2, 0.25) is 0 Å². The highest BCUT2D eigenvalue weighted by Crippen LogP contribution is 2.32. The molecule has 0 spiro atoms. The van der Waals surface area contributed by atoms with Gasteiger partial charge in [-0.05, 0) is 80.1 Å². The lowest BCUT2D eigenvalue weighted by Gasteiger charge is -2.34. The lowest BCUT2D eigenvalue weighted by molar-refractivity contribution is 0.141. The molecule has 0 aliphatic carbocycles. The van der Waals surface area contributed by atoms with Gasteiger partial charge in [0.1, 0.15) is 0 Å². The summed E-state index contributed by atoms with van der Waals surface area (Å²) in [7, 11) is 0. The first-order valence-corrected chi connectivity index (χ1v) is 9.59. The Bertz CT molecular complexity index is 637. The summed E-state index contributed by atoms with van der Waals surface area (Å²) in [6.07, 6.45) is 11.7. The molecule has 0 bridgehead atoms. The summed E-state index contributed by atoms with van der Waals surface area (Å²) in [6.45, 7) is 7.14. The molecule has 0 radical (unpaired) electrons. The van der Waals surface area contributed by atoms with E-state index in [0.717, 1.165) is 24.9 Å². The van der Waals surface area contributed by atoms with Crippen molar-refractivity contribution in [3.05, 3.63) is 60.2 Å². The van der Waals surface area contributed by atoms with Gasteiger partial charge in [-0.3, -0.25) is 19.8 Å². The largest absolute Gasteiger partial charge is 0.299 e. The van der Waals surface area contributed by atoms with Crippen molar-refractivity contribution in [2.45, 2.75) is 32.4 Å². The minimum atomic E-state index is 0.891. The molecule has 0 amide bonds. The second-order valence-electron chi connectivity index (χ2n) is 7.61. The number of hydrogen-bond acceptors (Lipinski definition) is 4. The van der Waals surface area contributed by atoms with Crippen LogP contribution in [0.25, 0.3) is 0 Å². The molecule has 2 fully saturated rings. The Labute approximate surface area is 150 Å². The molecule has 1 atom stereocenters. The van der Waals surface area contributed by atoms with Crippen molar-refractivity contribution < 1.29 is 0 Å². The molecule has 2 saturated heterocycles. The van der Waals surface area contributed by atoms with Gasteiger partial charge < -0.3 is 0 Å². The average molecular weight is 336 g/mol. The molecule has 4 nitrogen and oxygen atoms in total. The second-order valence-corrected chi connectivity index (χ2v) is 7.61. The highest BCUT2D eigenvalue weighted by Gasteiger charge is 2.31. The maximum absolute atomic E-state index is 4.23. The lowest BCUT2D eigenvalue weighted by Crippen LogP contribution is -2.36. The van der Waals surface area contributed by atoms with Gasteiger partial charge in [0, 0.05) is 44.4 Å². The Morgan fingerprint density at radius 1 is 0.760 bits per heavy atom. The third kappa shape index (κ3) is 4.44. The van der Waals surface area contributed by atoms with Gasteiger partial charge >= 0.3 is 0 Å². The lowest BCUT2D eigenvalue weighted by atomic mass is 9.83. The molecule has 4 heterocycles. The normalized spacial score (nSPS) is 23.1. The first kappa shape index (κ1) is 16.7. The number of piperidine rings is 1. The van der Waals surface area contributed by atoms with E-state index in [9.17, 15) is 0 Å². The van der Waals surface area contributed by atoms with Crippen LogP contribution in [0.3, 0.4) is 0 Å². The maximum atomic E-state index is 4.23. The molecule has 25 heavy (non-hydrogen) atoms. The van der Waals surface area contributed by atoms with E-state index in [1.807, 2.05) is 30.9 Å². The van der Waals surface area contributed by atoms with E-state index >= 15 is 0 Å². The number of pyridine rings is 2. The molecule has 0 saturated carbocycles. The molecular formula is C21H28N4. The molecule has 2 aliphatic heterocycles. The van der Waals surface area contributed by atoms with Gasteiger partial charge in [0.2, 0.25) is 0 Å². The highest BCUT2D eigenvalue weighted by atomic mass is 15.2. The first-order chi connectivity index (χ1) is 12.4. The quantitative estimate of drug-likeness (QED) is 0.839. The molecule has 4 rings (SSSR count). The van der Waals surface area contributed by atoms with Gasteiger partial charge in [-0.1, -0.05) is 6.07 Å². The third-order valence-corrected chi connectivity index (χ3v) is 5.89. The summed E-state index contributed by atoms with van der Waals surface area (Å²) in [4.78, 5) is 13.6. The number of hydrogen-bond donors (Lipinski definition) is 0. The van der Waals surface area contributed by atoms with E-state index in [2.05, 4.69) is 38.0 Å². The van der Waals surface area contributed by atoms with Gasteiger partial charge in [-0.15, -0.1) is 0 Å². The molecule has 0 aromatic carbocycles. The van der Waals surface area contributed by atoms with Crippen LogP contribution in [0.15, 0.2) is 49.1 Å². The molecule has 4 heteroatoms. The van der Waals surface area contributed by atoms with E-state index in [-0.39, 0.29) is 0 Å². The van der Waals surface area contributed by atoms with Gasteiger partial charge in [-0.2, -0.15) is 0 Å². The third-order valence-electron chi connectivity index (χ3n) is 5.89. The van der Waals surface area contributed by atoms with Crippen LogP contribution in [0.4, 0.5) is 0 Å². The van der Waals surface area contributed by atoms with Crippen LogP contribution in [-0.4, -0.2) is 45.9 Å². The Balaban J connectivity index is 1.23. The average Bonchev–Trinajstić information content (AvgIpc) is 3.12. The Morgan fingerprint density at radius 2 is 1.48 bits per heavy atom. The van der Waals surface area contributed by atoms with Gasteiger partial charge in [0.25, 0.3) is 0 Å². The Morgan fingerprint density at radius 3 is 2.24 bits per heavy atom. The van der Waals surface area contributed by atoms with Crippen LogP contribution < -0.4 is 0 Å². The van der Waals surface area contributed by atoms with Crippen molar-refractivity contribution in [2.75, 3.05) is 26.2 Å². The smallest absolute Gasteiger partial charge is 0.0312 e. The molecule has 1 unspecified atom stereocenters. The van der Waals surface area contributed by atoms with Crippen molar-refractivity contribution >= 4 is 0 Å². The summed E-state index contributed by atoms with van der Waals surface area (Å²) in [6, 6.07) is 8.51. The van der Waals surface area contributed by atoms with Crippen LogP contribution in [-0.2, 0) is 13.1 Å². The van der Waals surface area contributed by atoms with E-state index < -0.39 is 0 Å². The number of nitrogens with zero attached hydrogens (tertiary/aromatic N) is 4. The van der Waals surface area contributed by atoms with Crippen LogP contribution in [0, 0.1) is 11.8 Å². The minimum Gasteiger partial charge on any atom is -0.299 e. The number of rotatable bonds is 5. The van der Waals surface area contributed by atoms with Crippen molar-refractivity contribution in [1.29, 1.82) is 0 Å². The van der Waals surface area contributed by atoms with Gasteiger partial charge in [-0.25, -0.2) is 0 Å². The molecular weight excluding hydrogens is 308 g/mol. The van der Waals surface area contributed by atoms with E-state index in [1.165, 1.54) is 56.6 Å². The predicted molar refractivity (Wildman–Crippen MR) is 99.9 cm³/mol.